The molecule has 0 bridgehead atoms. The summed E-state index contributed by atoms with van der Waals surface area (Å²) in [6.07, 6.45) is 6.56. The number of hydrogen-bond donors (Lipinski definition) is 2. The smallest absolute Gasteiger partial charge is 0.263 e. The average molecular weight is 616 g/mol. The fourth-order valence-corrected chi connectivity index (χ4v) is 5.63. The van der Waals surface area contributed by atoms with E-state index in [0.29, 0.717) is 57.9 Å². The van der Waals surface area contributed by atoms with Crippen LogP contribution in [0.1, 0.15) is 62.0 Å². The van der Waals surface area contributed by atoms with Crippen molar-refractivity contribution in [3.05, 3.63) is 88.9 Å². The van der Waals surface area contributed by atoms with E-state index in [4.69, 9.17) is 11.6 Å². The Hall–Kier alpha value is -4.56. The van der Waals surface area contributed by atoms with E-state index in [9.17, 15) is 14.0 Å². The summed E-state index contributed by atoms with van der Waals surface area (Å²) in [6, 6.07) is 11.1. The third-order valence-electron chi connectivity index (χ3n) is 8.02. The lowest BCUT2D eigenvalue weighted by molar-refractivity contribution is 0.0593. The van der Waals surface area contributed by atoms with Gasteiger partial charge in [-0.2, -0.15) is 5.26 Å². The molecule has 5 aromatic rings. The zero-order chi connectivity index (χ0) is 31.2. The minimum Gasteiger partial charge on any atom is -0.383 e. The lowest BCUT2D eigenvalue weighted by atomic mass is 9.96. The quantitative estimate of drug-likeness (QED) is 0.180. The number of hydrogen-bond acceptors (Lipinski definition) is 7. The number of nitrogens with one attached hydrogen (secondary N) is 2. The molecular formula is C32H32ClF2N9. The van der Waals surface area contributed by atoms with E-state index in [0.717, 1.165) is 16.8 Å². The van der Waals surface area contributed by atoms with Crippen LogP contribution in [0.2, 0.25) is 5.02 Å². The van der Waals surface area contributed by atoms with Gasteiger partial charge in [0.15, 0.2) is 0 Å². The molecule has 0 spiro atoms. The topological polar surface area (TPSA) is 109 Å². The van der Waals surface area contributed by atoms with Gasteiger partial charge in [-0.3, -0.25) is 4.98 Å². The van der Waals surface area contributed by atoms with Crippen molar-refractivity contribution in [2.24, 2.45) is 5.41 Å². The van der Waals surface area contributed by atoms with Crippen LogP contribution in [0.4, 0.5) is 20.2 Å². The second-order valence-corrected chi connectivity index (χ2v) is 12.9. The second-order valence-electron chi connectivity index (χ2n) is 12.5. The normalized spacial score (nSPS) is 14.9. The first-order valence-corrected chi connectivity index (χ1v) is 14.7. The number of anilines is 2. The molecule has 0 unspecified atom stereocenters. The summed E-state index contributed by atoms with van der Waals surface area (Å²) < 4.78 is 31.2. The Labute approximate surface area is 258 Å². The van der Waals surface area contributed by atoms with Crippen LogP contribution < -0.4 is 10.6 Å². The highest BCUT2D eigenvalue weighted by Gasteiger charge is 2.54. The Morgan fingerprint density at radius 1 is 1.20 bits per heavy atom. The van der Waals surface area contributed by atoms with Gasteiger partial charge in [0, 0.05) is 41.2 Å². The summed E-state index contributed by atoms with van der Waals surface area (Å²) in [5.74, 6) is 0. The van der Waals surface area contributed by atoms with Gasteiger partial charge in [0.1, 0.15) is 17.3 Å². The zero-order valence-corrected chi connectivity index (χ0v) is 25.6. The maximum absolute atomic E-state index is 14.0. The predicted molar refractivity (Wildman–Crippen MR) is 166 cm³/mol. The highest BCUT2D eigenvalue weighted by Crippen LogP contribution is 2.48. The minimum atomic E-state index is -2.55. The summed E-state index contributed by atoms with van der Waals surface area (Å²) in [6.45, 7) is 8.93. The van der Waals surface area contributed by atoms with Crippen LogP contribution >= 0.6 is 11.6 Å². The molecule has 1 aliphatic rings. The monoisotopic (exact) mass is 615 g/mol. The lowest BCUT2D eigenvalue weighted by Crippen LogP contribution is -2.26. The highest BCUT2D eigenvalue weighted by atomic mass is 35.5. The Balaban J connectivity index is 1.50. The molecule has 6 rings (SSSR count). The largest absolute Gasteiger partial charge is 0.383 e. The lowest BCUT2D eigenvalue weighted by Gasteiger charge is -2.24. The highest BCUT2D eigenvalue weighted by molar-refractivity contribution is 6.32. The van der Waals surface area contributed by atoms with Crippen LogP contribution in [0.3, 0.4) is 0 Å². The van der Waals surface area contributed by atoms with Crippen LogP contribution in [0.25, 0.3) is 16.6 Å². The molecule has 226 valence electrons. The van der Waals surface area contributed by atoms with Crippen LogP contribution in [-0.4, -0.2) is 42.5 Å². The van der Waals surface area contributed by atoms with Crippen molar-refractivity contribution in [3.63, 3.8) is 0 Å². The number of rotatable bonds is 9. The van der Waals surface area contributed by atoms with E-state index in [1.165, 1.54) is 4.68 Å². The third-order valence-corrected chi connectivity index (χ3v) is 8.24. The van der Waals surface area contributed by atoms with Crippen molar-refractivity contribution in [1.82, 2.24) is 29.5 Å². The van der Waals surface area contributed by atoms with E-state index in [1.54, 1.807) is 37.1 Å². The van der Waals surface area contributed by atoms with Gasteiger partial charge in [0.25, 0.3) is 6.43 Å². The van der Waals surface area contributed by atoms with Gasteiger partial charge >= 0.3 is 0 Å². The molecule has 1 aliphatic carbocycles. The Bertz CT molecular complexity index is 1870. The second kappa shape index (κ2) is 11.2. The summed E-state index contributed by atoms with van der Waals surface area (Å²) in [5.41, 5.74) is 4.04. The number of imidazole rings is 1. The van der Waals surface area contributed by atoms with Gasteiger partial charge in [-0.15, -0.1) is 5.10 Å². The summed E-state index contributed by atoms with van der Waals surface area (Å²) in [5, 5.41) is 26.6. The number of nitriles is 1. The molecule has 12 heteroatoms. The van der Waals surface area contributed by atoms with E-state index in [2.05, 4.69) is 57.8 Å². The first kappa shape index (κ1) is 29.5. The van der Waals surface area contributed by atoms with E-state index < -0.39 is 18.0 Å². The minimum absolute atomic E-state index is 0.0478. The first-order valence-electron chi connectivity index (χ1n) is 14.3. The van der Waals surface area contributed by atoms with Crippen LogP contribution in [0, 0.1) is 23.7 Å². The fraction of sp³-hybridized carbons (Fsp3) is 0.344. The van der Waals surface area contributed by atoms with Crippen molar-refractivity contribution in [2.75, 3.05) is 17.2 Å². The summed E-state index contributed by atoms with van der Waals surface area (Å²) in [4.78, 5) is 8.85. The van der Waals surface area contributed by atoms with Gasteiger partial charge in [0.05, 0.1) is 41.0 Å². The molecule has 0 radical (unpaired) electrons. The SMILES string of the molecule is Cc1c([C@H](Nc2cc(Cl)cc3c(NCC(C)(C)C)c(C#N)cnc23)c2cn(C3(C(F)F)CC3)nn2)cccc1-n1ccnc1. The van der Waals surface area contributed by atoms with Crippen molar-refractivity contribution >= 4 is 33.9 Å². The predicted octanol–water partition coefficient (Wildman–Crippen LogP) is 7.26. The average Bonchev–Trinajstić information content (AvgIpc) is 3.35. The molecule has 0 amide bonds. The number of fused-ring (bicyclic) bond motifs is 1. The molecule has 0 saturated heterocycles. The molecule has 2 N–H and O–H groups in total. The molecule has 1 atom stereocenters. The fourth-order valence-electron chi connectivity index (χ4n) is 5.41. The van der Waals surface area contributed by atoms with Crippen LogP contribution in [0.5, 0.6) is 0 Å². The van der Waals surface area contributed by atoms with Crippen LogP contribution in [0.15, 0.2) is 61.4 Å². The van der Waals surface area contributed by atoms with Gasteiger partial charge in [-0.1, -0.05) is 49.7 Å². The van der Waals surface area contributed by atoms with E-state index in [-0.39, 0.29) is 5.41 Å². The maximum Gasteiger partial charge on any atom is 0.263 e. The molecule has 1 saturated carbocycles. The van der Waals surface area contributed by atoms with Gasteiger partial charge < -0.3 is 15.2 Å². The number of aromatic nitrogens is 6. The Morgan fingerprint density at radius 3 is 2.66 bits per heavy atom. The van der Waals surface area contributed by atoms with Crippen molar-refractivity contribution < 1.29 is 8.78 Å². The molecular weight excluding hydrogens is 584 g/mol. The first-order chi connectivity index (χ1) is 21.0. The molecule has 44 heavy (non-hydrogen) atoms. The van der Waals surface area contributed by atoms with Gasteiger partial charge in [0.2, 0.25) is 0 Å². The number of benzene rings is 2. The van der Waals surface area contributed by atoms with Crippen molar-refractivity contribution in [3.8, 4) is 11.8 Å². The number of pyridine rings is 1. The standard InChI is InChI=1S/C32H32ClF2N9/c1-19-22(6-5-7-26(19)43-11-10-37-18-43)29(25-16-44(42-41-25)32(8-9-32)30(34)35)40-24-13-21(33)12-23-27(39-17-31(2,3)4)20(14-36)15-38-28(23)24/h5-7,10-13,15-16,18,29-30,40H,8-9,17H2,1-4H3,(H,38,39)/t29-/m0/s1. The summed E-state index contributed by atoms with van der Waals surface area (Å²) >= 11 is 6.68. The maximum atomic E-state index is 14.0. The number of halogens is 3. The van der Waals surface area contributed by atoms with Crippen LogP contribution in [-0.2, 0) is 5.54 Å². The number of alkyl halides is 2. The van der Waals surface area contributed by atoms with Gasteiger partial charge in [-0.25, -0.2) is 18.4 Å². The summed E-state index contributed by atoms with van der Waals surface area (Å²) in [7, 11) is 0. The molecule has 1 fully saturated rings. The third kappa shape index (κ3) is 5.46. The van der Waals surface area contributed by atoms with E-state index in [1.807, 2.05) is 35.9 Å². The van der Waals surface area contributed by atoms with Crippen molar-refractivity contribution in [2.45, 2.75) is 58.5 Å². The zero-order valence-electron chi connectivity index (χ0n) is 24.8. The molecule has 0 aliphatic heterocycles. The molecule has 9 nitrogen and oxygen atoms in total. The Kier molecular flexibility index (Phi) is 7.49. The molecule has 3 aromatic heterocycles. The molecule has 3 heterocycles. The van der Waals surface area contributed by atoms with E-state index >= 15 is 0 Å². The Morgan fingerprint density at radius 2 is 2.00 bits per heavy atom. The van der Waals surface area contributed by atoms with Crippen molar-refractivity contribution in [1.29, 1.82) is 5.26 Å². The van der Waals surface area contributed by atoms with Gasteiger partial charge in [-0.05, 0) is 54.5 Å². The molecule has 2 aromatic carbocycles. The number of nitrogens with zero attached hydrogens (tertiary/aromatic N) is 7.